The normalized spacial score (nSPS) is 10.6. The van der Waals surface area contributed by atoms with E-state index in [-0.39, 0.29) is 17.0 Å². The highest BCUT2D eigenvalue weighted by Gasteiger charge is 2.21. The molecule has 0 aliphatic carbocycles. The fraction of sp³-hybridized carbons (Fsp3) is 0.182. The number of hydrogen-bond donors (Lipinski definition) is 1. The van der Waals surface area contributed by atoms with Crippen molar-refractivity contribution in [2.45, 2.75) is 13.5 Å². The molecule has 1 aromatic heterocycles. The van der Waals surface area contributed by atoms with E-state index in [2.05, 4.69) is 10.2 Å². The smallest absolute Gasteiger partial charge is 0.358 e. The highest BCUT2D eigenvalue weighted by Crippen LogP contribution is 2.24. The van der Waals surface area contributed by atoms with Crippen LogP contribution in [-0.2, 0) is 6.54 Å². The van der Waals surface area contributed by atoms with Gasteiger partial charge < -0.3 is 5.11 Å². The van der Waals surface area contributed by atoms with Crippen LogP contribution in [0.4, 0.5) is 8.78 Å². The van der Waals surface area contributed by atoms with E-state index in [1.54, 1.807) is 6.92 Å². The summed E-state index contributed by atoms with van der Waals surface area (Å²) in [6, 6.07) is 2.85. The predicted molar refractivity (Wildman–Crippen MR) is 58.0 cm³/mol. The zero-order valence-corrected chi connectivity index (χ0v) is 9.39. The van der Waals surface area contributed by atoms with Gasteiger partial charge in [0.2, 0.25) is 0 Å². The van der Waals surface area contributed by atoms with E-state index in [0.29, 0.717) is 12.6 Å². The van der Waals surface area contributed by atoms with E-state index >= 15 is 0 Å². The van der Waals surface area contributed by atoms with Gasteiger partial charge in [-0.2, -0.15) is 9.90 Å². The lowest BCUT2D eigenvalue weighted by molar-refractivity contribution is 0.0690. The monoisotopic (exact) mass is 253 g/mol. The van der Waals surface area contributed by atoms with Gasteiger partial charge in [-0.3, -0.25) is 0 Å². The molecule has 1 N–H and O–H groups in total. The first-order valence-electron chi connectivity index (χ1n) is 5.16. The molecule has 0 saturated heterocycles. The summed E-state index contributed by atoms with van der Waals surface area (Å²) in [4.78, 5) is 12.1. The second-order valence-electron chi connectivity index (χ2n) is 3.52. The Bertz CT molecular complexity index is 610. The van der Waals surface area contributed by atoms with Crippen LogP contribution >= 0.6 is 0 Å². The summed E-state index contributed by atoms with van der Waals surface area (Å²) < 4.78 is 26.4. The number of aromatic nitrogens is 3. The molecule has 0 radical (unpaired) electrons. The van der Waals surface area contributed by atoms with Crippen molar-refractivity contribution >= 4 is 5.97 Å². The predicted octanol–water partition coefficient (Wildman–Crippen LogP) is 1.94. The first-order chi connectivity index (χ1) is 8.52. The first-order valence-corrected chi connectivity index (χ1v) is 5.16. The second kappa shape index (κ2) is 4.52. The summed E-state index contributed by atoms with van der Waals surface area (Å²) in [6.45, 7) is 2.07. The number of benzene rings is 1. The van der Waals surface area contributed by atoms with Crippen LogP contribution in [-0.4, -0.2) is 26.1 Å². The Hall–Kier alpha value is -2.31. The molecular weight excluding hydrogens is 244 g/mol. The highest BCUT2D eigenvalue weighted by molar-refractivity contribution is 5.92. The van der Waals surface area contributed by atoms with E-state index < -0.39 is 17.6 Å². The van der Waals surface area contributed by atoms with E-state index in [1.165, 1.54) is 0 Å². The van der Waals surface area contributed by atoms with Crippen molar-refractivity contribution in [3.05, 3.63) is 35.5 Å². The molecule has 94 valence electrons. The van der Waals surface area contributed by atoms with Gasteiger partial charge in [-0.25, -0.2) is 13.6 Å². The SMILES string of the molecule is CCn1nc(C(=O)O)c(-c2ccc(F)cc2F)n1. The van der Waals surface area contributed by atoms with E-state index in [0.717, 1.165) is 16.9 Å². The molecule has 0 saturated carbocycles. The number of carboxylic acid groups (broad SMARTS) is 1. The highest BCUT2D eigenvalue weighted by atomic mass is 19.1. The van der Waals surface area contributed by atoms with Gasteiger partial charge in [-0.05, 0) is 19.1 Å². The molecule has 0 spiro atoms. The van der Waals surface area contributed by atoms with Gasteiger partial charge >= 0.3 is 5.97 Å². The average molecular weight is 253 g/mol. The molecule has 0 atom stereocenters. The Morgan fingerprint density at radius 2 is 2.11 bits per heavy atom. The third kappa shape index (κ3) is 2.06. The molecule has 0 fully saturated rings. The van der Waals surface area contributed by atoms with E-state index in [9.17, 15) is 13.6 Å². The number of halogens is 2. The van der Waals surface area contributed by atoms with Crippen LogP contribution in [0, 0.1) is 11.6 Å². The summed E-state index contributed by atoms with van der Waals surface area (Å²) in [5.74, 6) is -2.93. The molecule has 5 nitrogen and oxygen atoms in total. The standard InChI is InChI=1S/C11H9F2N3O2/c1-2-16-14-9(10(15-16)11(17)18)7-4-3-6(12)5-8(7)13/h3-5H,2H2,1H3,(H,17,18). The van der Waals surface area contributed by atoms with Gasteiger partial charge in [-0.15, -0.1) is 5.10 Å². The van der Waals surface area contributed by atoms with E-state index in [1.807, 2.05) is 0 Å². The van der Waals surface area contributed by atoms with Crippen molar-refractivity contribution in [1.29, 1.82) is 0 Å². The maximum Gasteiger partial charge on any atom is 0.358 e. The Balaban J connectivity index is 2.62. The summed E-state index contributed by atoms with van der Waals surface area (Å²) in [7, 11) is 0. The third-order valence-electron chi connectivity index (χ3n) is 2.33. The summed E-state index contributed by atoms with van der Waals surface area (Å²) in [5.41, 5.74) is -0.558. The molecule has 0 aliphatic heterocycles. The molecule has 7 heteroatoms. The zero-order valence-electron chi connectivity index (χ0n) is 9.39. The Morgan fingerprint density at radius 3 is 2.67 bits per heavy atom. The molecule has 2 aromatic rings. The third-order valence-corrected chi connectivity index (χ3v) is 2.33. The van der Waals surface area contributed by atoms with Gasteiger partial charge in [0.15, 0.2) is 5.69 Å². The molecule has 0 amide bonds. The van der Waals surface area contributed by atoms with Crippen LogP contribution in [0.2, 0.25) is 0 Å². The van der Waals surface area contributed by atoms with Crippen LogP contribution in [0.5, 0.6) is 0 Å². The van der Waals surface area contributed by atoms with Crippen molar-refractivity contribution in [2.24, 2.45) is 0 Å². The number of nitrogens with zero attached hydrogens (tertiary/aromatic N) is 3. The fourth-order valence-corrected chi connectivity index (χ4v) is 1.50. The zero-order chi connectivity index (χ0) is 13.3. The van der Waals surface area contributed by atoms with Gasteiger partial charge in [-0.1, -0.05) is 0 Å². The molecular formula is C11H9F2N3O2. The Morgan fingerprint density at radius 1 is 1.39 bits per heavy atom. The molecule has 18 heavy (non-hydrogen) atoms. The number of aryl methyl sites for hydroxylation is 1. The van der Waals surface area contributed by atoms with Gasteiger partial charge in [0.1, 0.15) is 17.3 Å². The summed E-state index contributed by atoms with van der Waals surface area (Å²) in [6.07, 6.45) is 0. The van der Waals surface area contributed by atoms with Gasteiger partial charge in [0.05, 0.1) is 6.54 Å². The van der Waals surface area contributed by atoms with Crippen molar-refractivity contribution in [2.75, 3.05) is 0 Å². The number of carbonyl (C=O) groups is 1. The first kappa shape index (κ1) is 12.2. The van der Waals surface area contributed by atoms with Gasteiger partial charge in [0.25, 0.3) is 0 Å². The molecule has 1 heterocycles. The van der Waals surface area contributed by atoms with E-state index in [4.69, 9.17) is 5.11 Å². The van der Waals surface area contributed by atoms with Crippen LogP contribution < -0.4 is 0 Å². The lowest BCUT2D eigenvalue weighted by Gasteiger charge is -1.99. The van der Waals surface area contributed by atoms with Crippen molar-refractivity contribution < 1.29 is 18.7 Å². The molecule has 0 unspecified atom stereocenters. The number of rotatable bonds is 3. The Labute approximate surface area is 101 Å². The van der Waals surface area contributed by atoms with Crippen LogP contribution in [0.15, 0.2) is 18.2 Å². The minimum Gasteiger partial charge on any atom is -0.476 e. The maximum absolute atomic E-state index is 13.6. The molecule has 1 aromatic carbocycles. The fourth-order valence-electron chi connectivity index (χ4n) is 1.50. The molecule has 2 rings (SSSR count). The summed E-state index contributed by atoms with van der Waals surface area (Å²) in [5, 5.41) is 16.6. The van der Waals surface area contributed by atoms with Crippen LogP contribution in [0.25, 0.3) is 11.3 Å². The van der Waals surface area contributed by atoms with Gasteiger partial charge in [0, 0.05) is 11.6 Å². The number of hydrogen-bond acceptors (Lipinski definition) is 3. The van der Waals surface area contributed by atoms with Crippen molar-refractivity contribution in [3.8, 4) is 11.3 Å². The topological polar surface area (TPSA) is 68.0 Å². The lowest BCUT2D eigenvalue weighted by atomic mass is 10.1. The number of aromatic carboxylic acids is 1. The second-order valence-corrected chi connectivity index (χ2v) is 3.52. The molecule has 0 aliphatic rings. The Kier molecular flexibility index (Phi) is 3.05. The quantitative estimate of drug-likeness (QED) is 0.907. The minimum atomic E-state index is -1.31. The minimum absolute atomic E-state index is 0.0894. The van der Waals surface area contributed by atoms with Crippen molar-refractivity contribution in [1.82, 2.24) is 15.0 Å². The van der Waals surface area contributed by atoms with Crippen LogP contribution in [0.1, 0.15) is 17.4 Å². The summed E-state index contributed by atoms with van der Waals surface area (Å²) >= 11 is 0. The lowest BCUT2D eigenvalue weighted by Crippen LogP contribution is -2.02. The molecule has 0 bridgehead atoms. The van der Waals surface area contributed by atoms with Crippen molar-refractivity contribution in [3.63, 3.8) is 0 Å². The largest absolute Gasteiger partial charge is 0.476 e. The maximum atomic E-state index is 13.6. The van der Waals surface area contributed by atoms with Crippen LogP contribution in [0.3, 0.4) is 0 Å². The number of carboxylic acids is 1. The average Bonchev–Trinajstić information content (AvgIpc) is 2.73.